The van der Waals surface area contributed by atoms with Crippen LogP contribution in [0.5, 0.6) is 0 Å². The Balaban J connectivity index is 1.54. The van der Waals surface area contributed by atoms with Crippen molar-refractivity contribution in [2.45, 2.75) is 50.8 Å². The van der Waals surface area contributed by atoms with Gasteiger partial charge < -0.3 is 10.1 Å². The van der Waals surface area contributed by atoms with Gasteiger partial charge >= 0.3 is 6.18 Å². The fourth-order valence-corrected chi connectivity index (χ4v) is 3.91. The van der Waals surface area contributed by atoms with E-state index in [9.17, 15) is 18.0 Å². The molecule has 1 aliphatic carbocycles. The summed E-state index contributed by atoms with van der Waals surface area (Å²) in [6.45, 7) is 1.19. The lowest BCUT2D eigenvalue weighted by molar-refractivity contribution is -0.142. The van der Waals surface area contributed by atoms with Gasteiger partial charge in [-0.1, -0.05) is 0 Å². The van der Waals surface area contributed by atoms with Gasteiger partial charge in [0.05, 0.1) is 11.8 Å². The van der Waals surface area contributed by atoms with E-state index in [0.717, 1.165) is 32.3 Å². The van der Waals surface area contributed by atoms with Gasteiger partial charge in [0.25, 0.3) is 5.91 Å². The number of ether oxygens (including phenoxy) is 1. The lowest BCUT2D eigenvalue weighted by atomic mass is 9.95. The number of carbonyl (C=O) groups is 1. The van der Waals surface area contributed by atoms with Crippen LogP contribution in [0.25, 0.3) is 5.69 Å². The first-order valence-electron chi connectivity index (χ1n) is 9.61. The van der Waals surface area contributed by atoms with Gasteiger partial charge in [0.2, 0.25) is 0 Å². The number of hydrogen-bond donors (Lipinski definition) is 1. The zero-order valence-electron chi connectivity index (χ0n) is 15.4. The Kier molecular flexibility index (Phi) is 5.14. The first-order valence-corrected chi connectivity index (χ1v) is 9.61. The van der Waals surface area contributed by atoms with Crippen molar-refractivity contribution >= 4 is 5.91 Å². The Hall–Kier alpha value is -2.35. The highest BCUT2D eigenvalue weighted by molar-refractivity contribution is 5.94. The highest BCUT2D eigenvalue weighted by atomic mass is 19.4. The van der Waals surface area contributed by atoms with Crippen molar-refractivity contribution in [3.63, 3.8) is 0 Å². The van der Waals surface area contributed by atoms with Gasteiger partial charge in [0.1, 0.15) is 0 Å². The minimum atomic E-state index is -4.46. The molecular formula is C20H22F3N3O2. The summed E-state index contributed by atoms with van der Waals surface area (Å²) in [5.74, 6) is -0.222. The van der Waals surface area contributed by atoms with Crippen molar-refractivity contribution in [2.24, 2.45) is 0 Å². The maximum atomic E-state index is 13.3. The quantitative estimate of drug-likeness (QED) is 0.862. The summed E-state index contributed by atoms with van der Waals surface area (Å²) in [5, 5.41) is 6.71. The van der Waals surface area contributed by atoms with Crippen LogP contribution in [0, 0.1) is 0 Å². The number of aromatic nitrogens is 2. The predicted octanol–water partition coefficient (Wildman–Crippen LogP) is 3.68. The van der Waals surface area contributed by atoms with E-state index in [4.69, 9.17) is 4.74 Å². The molecule has 1 fully saturated rings. The molecule has 2 heterocycles. The number of fused-ring (bicyclic) bond motifs is 1. The van der Waals surface area contributed by atoms with E-state index in [1.807, 2.05) is 0 Å². The molecule has 1 amide bonds. The summed E-state index contributed by atoms with van der Waals surface area (Å²) >= 11 is 0. The van der Waals surface area contributed by atoms with Gasteiger partial charge in [-0.15, -0.1) is 0 Å². The maximum absolute atomic E-state index is 13.3. The third-order valence-electron chi connectivity index (χ3n) is 5.34. The van der Waals surface area contributed by atoms with Crippen LogP contribution in [-0.2, 0) is 23.8 Å². The predicted molar refractivity (Wildman–Crippen MR) is 96.5 cm³/mol. The molecular weight excluding hydrogens is 371 g/mol. The van der Waals surface area contributed by atoms with Crippen LogP contribution < -0.4 is 5.32 Å². The highest BCUT2D eigenvalue weighted by Gasteiger charge is 2.39. The maximum Gasteiger partial charge on any atom is 0.435 e. The summed E-state index contributed by atoms with van der Waals surface area (Å²) in [6, 6.07) is 6.51. The molecule has 0 radical (unpaired) electrons. The summed E-state index contributed by atoms with van der Waals surface area (Å²) in [7, 11) is 0. The van der Waals surface area contributed by atoms with Crippen LogP contribution >= 0.6 is 0 Å². The lowest BCUT2D eigenvalue weighted by Crippen LogP contribution is -2.31. The smallest absolute Gasteiger partial charge is 0.376 e. The van der Waals surface area contributed by atoms with Crippen LogP contribution in [0.4, 0.5) is 13.2 Å². The third kappa shape index (κ3) is 3.78. The number of hydrogen-bond acceptors (Lipinski definition) is 3. The fraction of sp³-hybridized carbons (Fsp3) is 0.500. The molecule has 1 atom stereocenters. The Morgan fingerprint density at radius 3 is 2.61 bits per heavy atom. The largest absolute Gasteiger partial charge is 0.435 e. The molecule has 28 heavy (non-hydrogen) atoms. The van der Waals surface area contributed by atoms with E-state index in [0.29, 0.717) is 41.9 Å². The van der Waals surface area contributed by atoms with Crippen molar-refractivity contribution in [1.29, 1.82) is 0 Å². The second-order valence-electron chi connectivity index (χ2n) is 7.28. The first kappa shape index (κ1) is 19.0. The fourth-order valence-electron chi connectivity index (χ4n) is 3.91. The van der Waals surface area contributed by atoms with E-state index >= 15 is 0 Å². The molecule has 5 nitrogen and oxygen atoms in total. The van der Waals surface area contributed by atoms with Gasteiger partial charge in [0, 0.05) is 30.0 Å². The number of carbonyl (C=O) groups excluding carboxylic acids is 1. The molecule has 8 heteroatoms. The van der Waals surface area contributed by atoms with Gasteiger partial charge in [0.15, 0.2) is 5.69 Å². The summed E-state index contributed by atoms with van der Waals surface area (Å²) < 4.78 is 46.9. The zero-order valence-corrected chi connectivity index (χ0v) is 15.4. The molecule has 1 N–H and O–H groups in total. The molecule has 1 aromatic carbocycles. The monoisotopic (exact) mass is 393 g/mol. The van der Waals surface area contributed by atoms with Gasteiger partial charge in [-0.2, -0.15) is 18.3 Å². The van der Waals surface area contributed by atoms with Crippen molar-refractivity contribution in [2.75, 3.05) is 13.2 Å². The Labute approximate surface area is 160 Å². The summed E-state index contributed by atoms with van der Waals surface area (Å²) in [4.78, 5) is 12.3. The zero-order chi connectivity index (χ0) is 19.7. The van der Waals surface area contributed by atoms with Crippen molar-refractivity contribution in [1.82, 2.24) is 15.1 Å². The van der Waals surface area contributed by atoms with Crippen molar-refractivity contribution in [3.8, 4) is 5.69 Å². The Bertz CT molecular complexity index is 853. The van der Waals surface area contributed by atoms with E-state index in [2.05, 4.69) is 10.4 Å². The molecule has 1 saturated heterocycles. The average molecular weight is 393 g/mol. The van der Waals surface area contributed by atoms with Gasteiger partial charge in [-0.3, -0.25) is 4.79 Å². The molecule has 0 spiro atoms. The summed E-state index contributed by atoms with van der Waals surface area (Å²) in [6.07, 6.45) is 0.0875. The standard InChI is InChI=1S/C20H22F3N3O2/c21-20(22,23)18-16-5-1-2-6-17(16)26(25-18)14-9-7-13(8-10-14)19(27)24-12-15-4-3-11-28-15/h7-10,15H,1-6,11-12H2,(H,24,27). The third-order valence-corrected chi connectivity index (χ3v) is 5.34. The molecule has 0 saturated carbocycles. The van der Waals surface area contributed by atoms with Crippen LogP contribution in [-0.4, -0.2) is 34.9 Å². The number of alkyl halides is 3. The van der Waals surface area contributed by atoms with Crippen LogP contribution in [0.1, 0.15) is 53.0 Å². The Morgan fingerprint density at radius 2 is 1.93 bits per heavy atom. The second-order valence-corrected chi connectivity index (χ2v) is 7.28. The van der Waals surface area contributed by atoms with E-state index in [-0.39, 0.29) is 12.0 Å². The van der Waals surface area contributed by atoms with Gasteiger partial charge in [-0.25, -0.2) is 4.68 Å². The highest BCUT2D eigenvalue weighted by Crippen LogP contribution is 2.36. The molecule has 1 aromatic heterocycles. The first-order chi connectivity index (χ1) is 13.4. The summed E-state index contributed by atoms with van der Waals surface area (Å²) in [5.41, 5.74) is 1.12. The minimum absolute atomic E-state index is 0.0552. The molecule has 150 valence electrons. The minimum Gasteiger partial charge on any atom is -0.376 e. The number of nitrogens with one attached hydrogen (secondary N) is 1. The average Bonchev–Trinajstić information content (AvgIpc) is 3.33. The number of benzene rings is 1. The topological polar surface area (TPSA) is 56.1 Å². The molecule has 0 bridgehead atoms. The number of rotatable bonds is 4. The Morgan fingerprint density at radius 1 is 1.18 bits per heavy atom. The molecule has 1 unspecified atom stereocenters. The number of halogens is 3. The lowest BCUT2D eigenvalue weighted by Gasteiger charge is -2.15. The SMILES string of the molecule is O=C(NCC1CCCO1)c1ccc(-n2nc(C(F)(F)F)c3c2CCCC3)cc1. The molecule has 4 rings (SSSR count). The van der Waals surface area contributed by atoms with E-state index in [1.165, 1.54) is 4.68 Å². The number of amides is 1. The van der Waals surface area contributed by atoms with E-state index in [1.54, 1.807) is 24.3 Å². The van der Waals surface area contributed by atoms with Crippen LogP contribution in [0.2, 0.25) is 0 Å². The molecule has 1 aliphatic heterocycles. The normalized spacial score (nSPS) is 19.5. The molecule has 2 aromatic rings. The number of nitrogens with zero attached hydrogens (tertiary/aromatic N) is 2. The van der Waals surface area contributed by atoms with Crippen molar-refractivity contribution in [3.05, 3.63) is 46.8 Å². The van der Waals surface area contributed by atoms with Crippen molar-refractivity contribution < 1.29 is 22.7 Å². The second kappa shape index (κ2) is 7.58. The van der Waals surface area contributed by atoms with Crippen LogP contribution in [0.15, 0.2) is 24.3 Å². The molecule has 2 aliphatic rings. The van der Waals surface area contributed by atoms with Gasteiger partial charge in [-0.05, 0) is 62.8 Å². The van der Waals surface area contributed by atoms with E-state index < -0.39 is 11.9 Å². The van der Waals surface area contributed by atoms with Crippen LogP contribution in [0.3, 0.4) is 0 Å².